The number of ether oxygens (including phenoxy) is 3. The predicted octanol–water partition coefficient (Wildman–Crippen LogP) is 5.83. The number of nitrogens with one attached hydrogen (secondary N) is 1. The van der Waals surface area contributed by atoms with Crippen LogP contribution in [0.15, 0.2) is 77.8 Å². The van der Waals surface area contributed by atoms with Crippen molar-refractivity contribution in [2.45, 2.75) is 32.4 Å². The van der Waals surface area contributed by atoms with E-state index in [1.54, 1.807) is 67.6 Å². The van der Waals surface area contributed by atoms with Crippen molar-refractivity contribution in [3.63, 3.8) is 0 Å². The first-order chi connectivity index (χ1) is 19.4. The van der Waals surface area contributed by atoms with Crippen LogP contribution in [0, 0.1) is 0 Å². The molecular formula is C30H31N3O6S. The zero-order chi connectivity index (χ0) is 28.5. The average molecular weight is 562 g/mol. The van der Waals surface area contributed by atoms with Crippen molar-refractivity contribution in [1.29, 1.82) is 0 Å². The number of nitrogens with zero attached hydrogens (tertiary/aromatic N) is 2. The first kappa shape index (κ1) is 28.7. The monoisotopic (exact) mass is 561 g/mol. The first-order valence-electron chi connectivity index (χ1n) is 13.0. The van der Waals surface area contributed by atoms with Crippen LogP contribution in [0.2, 0.25) is 0 Å². The molecule has 1 N–H and O–H groups in total. The van der Waals surface area contributed by atoms with E-state index in [1.807, 2.05) is 26.0 Å². The van der Waals surface area contributed by atoms with E-state index in [4.69, 9.17) is 19.2 Å². The fourth-order valence-electron chi connectivity index (χ4n) is 3.93. The maximum atomic E-state index is 13.4. The van der Waals surface area contributed by atoms with E-state index < -0.39 is 11.2 Å². The number of carbonyl (C=O) groups excluding carboxylic acids is 3. The molecule has 0 aliphatic carbocycles. The molecule has 40 heavy (non-hydrogen) atoms. The fourth-order valence-corrected chi connectivity index (χ4v) is 5.05. The Labute approximate surface area is 237 Å². The van der Waals surface area contributed by atoms with Gasteiger partial charge in [-0.3, -0.25) is 14.5 Å². The summed E-state index contributed by atoms with van der Waals surface area (Å²) in [7, 11) is 0. The van der Waals surface area contributed by atoms with Gasteiger partial charge in [-0.2, -0.15) is 0 Å². The first-order valence-corrected chi connectivity index (χ1v) is 13.9. The van der Waals surface area contributed by atoms with Crippen LogP contribution < -0.4 is 19.7 Å². The number of rotatable bonds is 10. The smallest absolute Gasteiger partial charge is 0.338 e. The average Bonchev–Trinajstić information content (AvgIpc) is 2.95. The maximum Gasteiger partial charge on any atom is 0.338 e. The Morgan fingerprint density at radius 3 is 2.05 bits per heavy atom. The molecule has 3 aromatic rings. The summed E-state index contributed by atoms with van der Waals surface area (Å²) in [6, 6.07) is 20.8. The molecule has 0 aromatic heterocycles. The molecule has 9 nitrogen and oxygen atoms in total. The summed E-state index contributed by atoms with van der Waals surface area (Å²) in [5.74, 6) is 0.379. The summed E-state index contributed by atoms with van der Waals surface area (Å²) >= 11 is 1.21. The number of thioether (sulfide) groups is 1. The molecule has 1 aliphatic rings. The maximum absolute atomic E-state index is 13.4. The van der Waals surface area contributed by atoms with Gasteiger partial charge in [-0.05, 0) is 93.6 Å². The number of hydrogen-bond donors (Lipinski definition) is 1. The molecule has 0 spiro atoms. The summed E-state index contributed by atoms with van der Waals surface area (Å²) < 4.78 is 16.1. The van der Waals surface area contributed by atoms with Gasteiger partial charge in [0.05, 0.1) is 36.8 Å². The van der Waals surface area contributed by atoms with Crippen LogP contribution in [-0.2, 0) is 14.3 Å². The lowest BCUT2D eigenvalue weighted by Crippen LogP contribution is -2.45. The van der Waals surface area contributed by atoms with Crippen LogP contribution in [0.5, 0.6) is 11.5 Å². The van der Waals surface area contributed by atoms with E-state index >= 15 is 0 Å². The highest BCUT2D eigenvalue weighted by atomic mass is 32.2. The van der Waals surface area contributed by atoms with Gasteiger partial charge in [-0.1, -0.05) is 11.8 Å². The lowest BCUT2D eigenvalue weighted by atomic mass is 10.2. The molecule has 0 radical (unpaired) electrons. The van der Waals surface area contributed by atoms with E-state index in [1.165, 1.54) is 16.7 Å². The minimum atomic E-state index is -0.711. The van der Waals surface area contributed by atoms with Gasteiger partial charge >= 0.3 is 5.97 Å². The molecular weight excluding hydrogens is 530 g/mol. The number of amides is 2. The Kier molecular flexibility index (Phi) is 9.80. The fraction of sp³-hybridized carbons (Fsp3) is 0.267. The number of esters is 1. The molecule has 0 bridgehead atoms. The molecule has 1 saturated heterocycles. The van der Waals surface area contributed by atoms with Crippen molar-refractivity contribution in [2.24, 2.45) is 4.99 Å². The Bertz CT molecular complexity index is 1360. The van der Waals surface area contributed by atoms with Crippen LogP contribution in [0.3, 0.4) is 0 Å². The van der Waals surface area contributed by atoms with E-state index in [2.05, 4.69) is 5.32 Å². The second-order valence-corrected chi connectivity index (χ2v) is 9.74. The number of carbonyl (C=O) groups is 3. The normalized spacial score (nSPS) is 16.0. The third-order valence-electron chi connectivity index (χ3n) is 5.78. The van der Waals surface area contributed by atoms with Crippen molar-refractivity contribution in [3.05, 3.63) is 78.4 Å². The number of benzene rings is 3. The molecule has 1 fully saturated rings. The van der Waals surface area contributed by atoms with Crippen molar-refractivity contribution < 1.29 is 28.6 Å². The van der Waals surface area contributed by atoms with Crippen molar-refractivity contribution in [2.75, 3.05) is 30.0 Å². The van der Waals surface area contributed by atoms with Crippen LogP contribution in [-0.4, -0.2) is 48.0 Å². The van der Waals surface area contributed by atoms with Crippen LogP contribution in [0.4, 0.5) is 17.1 Å². The molecule has 0 unspecified atom stereocenters. The Balaban J connectivity index is 1.57. The third kappa shape index (κ3) is 7.20. The molecule has 208 valence electrons. The number of anilines is 2. The summed E-state index contributed by atoms with van der Waals surface area (Å²) in [6.07, 6.45) is -0.0209. The van der Waals surface area contributed by atoms with Crippen molar-refractivity contribution in [1.82, 2.24) is 0 Å². The lowest BCUT2D eigenvalue weighted by Gasteiger charge is -2.32. The minimum Gasteiger partial charge on any atom is -0.494 e. The van der Waals surface area contributed by atoms with Gasteiger partial charge in [0.15, 0.2) is 5.17 Å². The molecule has 10 heteroatoms. The molecule has 1 heterocycles. The van der Waals surface area contributed by atoms with Crippen LogP contribution in [0.25, 0.3) is 0 Å². The summed E-state index contributed by atoms with van der Waals surface area (Å²) in [5, 5.41) is 2.51. The number of hydrogen-bond acceptors (Lipinski definition) is 8. The van der Waals surface area contributed by atoms with E-state index in [-0.39, 0.29) is 24.8 Å². The molecule has 2 amide bonds. The zero-order valence-electron chi connectivity index (χ0n) is 22.6. The second kappa shape index (κ2) is 13.7. The van der Waals surface area contributed by atoms with Crippen molar-refractivity contribution in [3.8, 4) is 11.5 Å². The second-order valence-electron chi connectivity index (χ2n) is 8.58. The van der Waals surface area contributed by atoms with E-state index in [0.717, 1.165) is 0 Å². The number of amidine groups is 1. The van der Waals surface area contributed by atoms with Crippen LogP contribution >= 0.6 is 11.8 Å². The van der Waals surface area contributed by atoms with Crippen molar-refractivity contribution >= 4 is 51.8 Å². The van der Waals surface area contributed by atoms with Gasteiger partial charge in [0.25, 0.3) is 0 Å². The van der Waals surface area contributed by atoms with Gasteiger partial charge in [-0.15, -0.1) is 0 Å². The van der Waals surface area contributed by atoms with Gasteiger partial charge < -0.3 is 19.5 Å². The lowest BCUT2D eigenvalue weighted by molar-refractivity contribution is -0.121. The number of aliphatic imine (C=N–C) groups is 1. The van der Waals surface area contributed by atoms with Gasteiger partial charge in [0.2, 0.25) is 11.8 Å². The van der Waals surface area contributed by atoms with Gasteiger partial charge in [0.1, 0.15) is 16.7 Å². The largest absolute Gasteiger partial charge is 0.494 e. The summed E-state index contributed by atoms with van der Waals surface area (Å²) in [6.45, 7) is 6.91. The molecule has 0 saturated carbocycles. The Hall–Kier alpha value is -4.31. The van der Waals surface area contributed by atoms with Gasteiger partial charge in [0, 0.05) is 12.1 Å². The molecule has 4 rings (SSSR count). The predicted molar refractivity (Wildman–Crippen MR) is 157 cm³/mol. The summed E-state index contributed by atoms with van der Waals surface area (Å²) in [4.78, 5) is 44.8. The molecule has 1 atom stereocenters. The standard InChI is InChI=1S/C30H31N3O6S/c1-4-37-24-15-11-22(12-16-24)32-30-33(23-13-17-25(18-14-23)38-5-2)27(34)19-26(40-30)28(35)31-21-9-7-20(8-10-21)29(36)39-6-3/h7-18,26H,4-6,19H2,1-3H3,(H,31,35)/t26-/m1/s1. The minimum absolute atomic E-state index is 0.0209. The van der Waals surface area contributed by atoms with E-state index in [0.29, 0.717) is 52.5 Å². The third-order valence-corrected chi connectivity index (χ3v) is 6.93. The van der Waals surface area contributed by atoms with Gasteiger partial charge in [-0.25, -0.2) is 9.79 Å². The highest BCUT2D eigenvalue weighted by Crippen LogP contribution is 2.34. The molecule has 3 aromatic carbocycles. The van der Waals surface area contributed by atoms with E-state index in [9.17, 15) is 14.4 Å². The highest BCUT2D eigenvalue weighted by Gasteiger charge is 2.37. The van der Waals surface area contributed by atoms with Crippen LogP contribution in [0.1, 0.15) is 37.6 Å². The topological polar surface area (TPSA) is 107 Å². The summed E-state index contributed by atoms with van der Waals surface area (Å²) in [5.41, 5.74) is 2.13. The molecule has 1 aliphatic heterocycles. The quantitative estimate of drug-likeness (QED) is 0.311. The highest BCUT2D eigenvalue weighted by molar-refractivity contribution is 8.15. The Morgan fingerprint density at radius 1 is 0.875 bits per heavy atom. The Morgan fingerprint density at radius 2 is 1.48 bits per heavy atom. The zero-order valence-corrected chi connectivity index (χ0v) is 23.4. The SMILES string of the molecule is CCOC(=O)c1ccc(NC(=O)[C@H]2CC(=O)N(c3ccc(OCC)cc3)C(=Nc3ccc(OCC)cc3)S2)cc1.